The normalized spacial score (nSPS) is 19.3. The second-order valence-electron chi connectivity index (χ2n) is 5.13. The second kappa shape index (κ2) is 5.18. The summed E-state index contributed by atoms with van der Waals surface area (Å²) in [5.41, 5.74) is 7.19. The third kappa shape index (κ3) is 2.96. The van der Waals surface area contributed by atoms with Gasteiger partial charge in [0.15, 0.2) is 0 Å². The number of nitrogens with zero attached hydrogens (tertiary/aromatic N) is 2. The fourth-order valence-electron chi connectivity index (χ4n) is 2.12. The van der Waals surface area contributed by atoms with E-state index in [9.17, 15) is 0 Å². The highest BCUT2D eigenvalue weighted by atomic mass is 32.2. The molecule has 1 fully saturated rings. The summed E-state index contributed by atoms with van der Waals surface area (Å²) in [6.45, 7) is 6.55. The molecule has 5 heteroatoms. The molecular formula is C13H20N4S. The van der Waals surface area contributed by atoms with Crippen molar-refractivity contribution < 1.29 is 0 Å². The number of amidine groups is 1. The zero-order valence-corrected chi connectivity index (χ0v) is 11.8. The molecule has 0 radical (unpaired) electrons. The Morgan fingerprint density at radius 3 is 3.00 bits per heavy atom. The Labute approximate surface area is 112 Å². The summed E-state index contributed by atoms with van der Waals surface area (Å²) in [6.07, 6.45) is 2.82. The predicted octanol–water partition coefficient (Wildman–Crippen LogP) is 2.09. The number of hydrogen-bond acceptors (Lipinski definition) is 4. The third-order valence-electron chi connectivity index (χ3n) is 3.22. The van der Waals surface area contributed by atoms with E-state index in [1.807, 2.05) is 23.9 Å². The molecule has 1 saturated heterocycles. The molecular weight excluding hydrogens is 244 g/mol. The summed E-state index contributed by atoms with van der Waals surface area (Å²) in [5.74, 6) is 1.14. The van der Waals surface area contributed by atoms with Gasteiger partial charge in [-0.2, -0.15) is 11.8 Å². The predicted molar refractivity (Wildman–Crippen MR) is 78.6 cm³/mol. The first-order chi connectivity index (χ1) is 8.49. The van der Waals surface area contributed by atoms with Crippen LogP contribution in [0.1, 0.15) is 26.0 Å². The minimum absolute atomic E-state index is 0.0433. The lowest BCUT2D eigenvalue weighted by molar-refractivity contribution is 0.637. The highest BCUT2D eigenvalue weighted by Gasteiger charge is 2.25. The maximum Gasteiger partial charge on any atom is 0.143 e. The lowest BCUT2D eigenvalue weighted by atomic mass is 10.1. The van der Waals surface area contributed by atoms with E-state index in [1.54, 1.807) is 6.20 Å². The first-order valence-corrected chi connectivity index (χ1v) is 7.16. The van der Waals surface area contributed by atoms with E-state index in [0.29, 0.717) is 10.4 Å². The van der Waals surface area contributed by atoms with Gasteiger partial charge in [-0.05, 0) is 18.6 Å². The van der Waals surface area contributed by atoms with Gasteiger partial charge in [-0.25, -0.2) is 0 Å². The Kier molecular flexibility index (Phi) is 3.80. The molecule has 2 rings (SSSR count). The van der Waals surface area contributed by atoms with E-state index in [1.165, 1.54) is 0 Å². The van der Waals surface area contributed by atoms with Crippen LogP contribution in [0.15, 0.2) is 18.3 Å². The lowest BCUT2D eigenvalue weighted by Gasteiger charge is -2.25. The van der Waals surface area contributed by atoms with Crippen LogP contribution >= 0.6 is 11.8 Å². The van der Waals surface area contributed by atoms with Gasteiger partial charge in [0, 0.05) is 29.8 Å². The second-order valence-corrected chi connectivity index (χ2v) is 6.93. The number of pyridine rings is 1. The van der Waals surface area contributed by atoms with Crippen molar-refractivity contribution >= 4 is 23.3 Å². The molecule has 0 spiro atoms. The van der Waals surface area contributed by atoms with Crippen LogP contribution in [-0.2, 0) is 0 Å². The van der Waals surface area contributed by atoms with E-state index in [4.69, 9.17) is 11.1 Å². The molecule has 1 aromatic heterocycles. The summed E-state index contributed by atoms with van der Waals surface area (Å²) >= 11 is 2.01. The summed E-state index contributed by atoms with van der Waals surface area (Å²) in [6, 6.07) is 3.91. The average molecular weight is 264 g/mol. The van der Waals surface area contributed by atoms with Crippen molar-refractivity contribution in [1.82, 2.24) is 4.98 Å². The topological polar surface area (TPSA) is 66.0 Å². The van der Waals surface area contributed by atoms with Crippen molar-refractivity contribution in [2.75, 3.05) is 23.7 Å². The van der Waals surface area contributed by atoms with Crippen LogP contribution in [0, 0.1) is 5.41 Å². The van der Waals surface area contributed by atoms with Gasteiger partial charge in [0.2, 0.25) is 0 Å². The van der Waals surface area contributed by atoms with Crippen molar-refractivity contribution in [1.29, 1.82) is 5.41 Å². The van der Waals surface area contributed by atoms with E-state index in [-0.39, 0.29) is 5.84 Å². The van der Waals surface area contributed by atoms with Crippen LogP contribution < -0.4 is 10.6 Å². The third-order valence-corrected chi connectivity index (χ3v) is 4.59. The number of nitrogen functional groups attached to an aromatic ring is 1. The molecule has 0 bridgehead atoms. The molecule has 2 heterocycles. The molecule has 3 N–H and O–H groups in total. The van der Waals surface area contributed by atoms with Crippen LogP contribution in [0.5, 0.6) is 0 Å². The van der Waals surface area contributed by atoms with Gasteiger partial charge in [-0.15, -0.1) is 0 Å². The monoisotopic (exact) mass is 264 g/mol. The van der Waals surface area contributed by atoms with Crippen molar-refractivity contribution in [3.63, 3.8) is 0 Å². The maximum absolute atomic E-state index is 7.61. The molecule has 4 nitrogen and oxygen atoms in total. The van der Waals surface area contributed by atoms with Gasteiger partial charge in [-0.3, -0.25) is 10.4 Å². The fourth-order valence-corrected chi connectivity index (χ4v) is 3.22. The SMILES string of the molecule is CC1(C)CCN(c2cccnc2C(=N)N)CCS1. The largest absolute Gasteiger partial charge is 0.382 e. The quantitative estimate of drug-likeness (QED) is 0.634. The van der Waals surface area contributed by atoms with E-state index >= 15 is 0 Å². The molecule has 0 aromatic carbocycles. The zero-order valence-electron chi connectivity index (χ0n) is 10.9. The molecule has 0 unspecified atom stereocenters. The first-order valence-electron chi connectivity index (χ1n) is 6.18. The minimum Gasteiger partial charge on any atom is -0.382 e. The van der Waals surface area contributed by atoms with Crippen LogP contribution in [-0.4, -0.2) is 34.4 Å². The molecule has 18 heavy (non-hydrogen) atoms. The minimum atomic E-state index is 0.0433. The molecule has 1 aromatic rings. The number of hydrogen-bond donors (Lipinski definition) is 2. The number of thioether (sulfide) groups is 1. The number of anilines is 1. The molecule has 98 valence electrons. The summed E-state index contributed by atoms with van der Waals surface area (Å²) in [4.78, 5) is 6.52. The Bertz CT molecular complexity index is 444. The molecule has 0 atom stereocenters. The molecule has 0 aliphatic carbocycles. The number of nitrogens with two attached hydrogens (primary N) is 1. The van der Waals surface area contributed by atoms with E-state index in [0.717, 1.165) is 31.0 Å². The summed E-state index contributed by atoms with van der Waals surface area (Å²) < 4.78 is 0.327. The maximum atomic E-state index is 7.61. The summed E-state index contributed by atoms with van der Waals surface area (Å²) in [5, 5.41) is 7.61. The molecule has 1 aliphatic heterocycles. The van der Waals surface area contributed by atoms with Crippen LogP contribution in [0.4, 0.5) is 5.69 Å². The van der Waals surface area contributed by atoms with Crippen molar-refractivity contribution in [2.24, 2.45) is 5.73 Å². The molecule has 0 saturated carbocycles. The first kappa shape index (κ1) is 13.2. The highest BCUT2D eigenvalue weighted by Crippen LogP contribution is 2.32. The zero-order chi connectivity index (χ0) is 13.2. The highest BCUT2D eigenvalue weighted by molar-refractivity contribution is 8.00. The molecule has 1 aliphatic rings. The number of nitrogens with one attached hydrogen (secondary N) is 1. The van der Waals surface area contributed by atoms with Crippen LogP contribution in [0.25, 0.3) is 0 Å². The average Bonchev–Trinajstić information content (AvgIpc) is 2.50. The summed E-state index contributed by atoms with van der Waals surface area (Å²) in [7, 11) is 0. The van der Waals surface area contributed by atoms with E-state index < -0.39 is 0 Å². The fraction of sp³-hybridized carbons (Fsp3) is 0.538. The van der Waals surface area contributed by atoms with Gasteiger partial charge < -0.3 is 10.6 Å². The van der Waals surface area contributed by atoms with Gasteiger partial charge in [0.25, 0.3) is 0 Å². The van der Waals surface area contributed by atoms with Gasteiger partial charge >= 0.3 is 0 Å². The van der Waals surface area contributed by atoms with Crippen molar-refractivity contribution in [3.05, 3.63) is 24.0 Å². The Morgan fingerprint density at radius 2 is 2.28 bits per heavy atom. The Balaban J connectivity index is 2.24. The van der Waals surface area contributed by atoms with Crippen LogP contribution in [0.3, 0.4) is 0 Å². The smallest absolute Gasteiger partial charge is 0.143 e. The lowest BCUT2D eigenvalue weighted by Crippen LogP contribution is -2.30. The number of rotatable bonds is 2. The Hall–Kier alpha value is -1.23. The van der Waals surface area contributed by atoms with E-state index in [2.05, 4.69) is 23.7 Å². The van der Waals surface area contributed by atoms with Gasteiger partial charge in [-0.1, -0.05) is 13.8 Å². The van der Waals surface area contributed by atoms with Crippen LogP contribution in [0.2, 0.25) is 0 Å². The van der Waals surface area contributed by atoms with Gasteiger partial charge in [0.1, 0.15) is 11.5 Å². The Morgan fingerprint density at radius 1 is 1.50 bits per heavy atom. The standard InChI is InChI=1S/C13H20N4S/c1-13(2)5-7-17(8-9-18-13)10-4-3-6-16-11(10)12(14)15/h3-4,6H,5,7-9H2,1-2H3,(H3,14,15). The van der Waals surface area contributed by atoms with Crippen molar-refractivity contribution in [3.8, 4) is 0 Å². The number of aromatic nitrogens is 1. The van der Waals surface area contributed by atoms with Gasteiger partial charge in [0.05, 0.1) is 5.69 Å². The molecule has 0 amide bonds. The van der Waals surface area contributed by atoms with Crippen molar-refractivity contribution in [2.45, 2.75) is 25.0 Å².